The minimum absolute atomic E-state index is 0.192. The quantitative estimate of drug-likeness (QED) is 0.629. The predicted octanol–water partition coefficient (Wildman–Crippen LogP) is 5.80. The first kappa shape index (κ1) is 22.1. The van der Waals surface area contributed by atoms with Crippen molar-refractivity contribution < 1.29 is 19.4 Å². The lowest BCUT2D eigenvalue weighted by Gasteiger charge is -2.31. The van der Waals surface area contributed by atoms with Crippen molar-refractivity contribution in [3.8, 4) is 5.75 Å². The molecular weight excluding hydrogens is 376 g/mol. The van der Waals surface area contributed by atoms with Crippen LogP contribution in [0.15, 0.2) is 48.0 Å². The average molecular weight is 409 g/mol. The Labute approximate surface area is 179 Å². The zero-order valence-corrected chi connectivity index (χ0v) is 18.6. The van der Waals surface area contributed by atoms with Crippen LogP contribution in [-0.4, -0.2) is 29.4 Å². The molecule has 1 atom stereocenters. The largest absolute Gasteiger partial charge is 0.488 e. The van der Waals surface area contributed by atoms with Crippen molar-refractivity contribution >= 4 is 11.5 Å². The molecule has 0 spiro atoms. The van der Waals surface area contributed by atoms with E-state index in [1.165, 1.54) is 11.1 Å². The maximum Gasteiger partial charge on any atom is 0.337 e. The maximum absolute atomic E-state index is 12.2. The molecule has 0 aromatic heterocycles. The van der Waals surface area contributed by atoms with E-state index in [4.69, 9.17) is 9.47 Å². The number of ether oxygens (including phenoxy) is 2. The molecule has 1 N–H and O–H groups in total. The van der Waals surface area contributed by atoms with Gasteiger partial charge in [0.1, 0.15) is 12.4 Å². The molecule has 30 heavy (non-hydrogen) atoms. The van der Waals surface area contributed by atoms with Crippen LogP contribution in [0, 0.1) is 6.92 Å². The number of hydrogen-bond donors (Lipinski definition) is 1. The van der Waals surface area contributed by atoms with E-state index >= 15 is 0 Å². The van der Waals surface area contributed by atoms with E-state index in [0.29, 0.717) is 5.57 Å². The molecule has 0 aliphatic carbocycles. The summed E-state index contributed by atoms with van der Waals surface area (Å²) in [6.45, 7) is 10.1. The Morgan fingerprint density at radius 3 is 2.60 bits per heavy atom. The monoisotopic (exact) mass is 408 g/mol. The molecule has 2 aromatic carbocycles. The molecule has 2 aromatic rings. The SMILES string of the molecule is CCCCc1cc(C2=C(C(OC(C)(C)C)C(=O)O)COc3ccccc32)ccc1C. The average Bonchev–Trinajstić information content (AvgIpc) is 2.70. The highest BCUT2D eigenvalue weighted by molar-refractivity contribution is 5.91. The highest BCUT2D eigenvalue weighted by Gasteiger charge is 2.34. The van der Waals surface area contributed by atoms with Crippen LogP contribution >= 0.6 is 0 Å². The van der Waals surface area contributed by atoms with Gasteiger partial charge in [-0.25, -0.2) is 4.79 Å². The van der Waals surface area contributed by atoms with Crippen molar-refractivity contribution in [2.24, 2.45) is 0 Å². The van der Waals surface area contributed by atoms with Crippen LogP contribution in [-0.2, 0) is 16.0 Å². The van der Waals surface area contributed by atoms with E-state index in [1.54, 1.807) is 0 Å². The van der Waals surface area contributed by atoms with Gasteiger partial charge in [0.2, 0.25) is 0 Å². The van der Waals surface area contributed by atoms with E-state index in [2.05, 4.69) is 32.0 Å². The first-order valence-electron chi connectivity index (χ1n) is 10.7. The molecule has 0 amide bonds. The molecule has 0 saturated carbocycles. The van der Waals surface area contributed by atoms with E-state index < -0.39 is 17.7 Å². The number of rotatable bonds is 7. The van der Waals surface area contributed by atoms with Crippen LogP contribution < -0.4 is 4.74 Å². The third-order valence-corrected chi connectivity index (χ3v) is 5.31. The molecule has 0 bridgehead atoms. The van der Waals surface area contributed by atoms with Crippen molar-refractivity contribution in [3.05, 3.63) is 70.3 Å². The summed E-state index contributed by atoms with van der Waals surface area (Å²) in [5.74, 6) is -0.231. The first-order chi connectivity index (χ1) is 14.2. The topological polar surface area (TPSA) is 55.8 Å². The number of hydrogen-bond acceptors (Lipinski definition) is 3. The standard InChI is InChI=1S/C26H32O4/c1-6-7-10-18-15-19(14-13-17(18)2)23-20-11-8-9-12-22(20)29-16-21(23)24(25(27)28)30-26(3,4)5/h8-9,11-15,24H,6-7,10,16H2,1-5H3,(H,27,28). The number of para-hydroxylation sites is 1. The summed E-state index contributed by atoms with van der Waals surface area (Å²) >= 11 is 0. The zero-order valence-electron chi connectivity index (χ0n) is 18.6. The van der Waals surface area contributed by atoms with Crippen LogP contribution in [0.3, 0.4) is 0 Å². The van der Waals surface area contributed by atoms with Gasteiger partial charge in [0.25, 0.3) is 0 Å². The van der Waals surface area contributed by atoms with Gasteiger partial charge in [-0.05, 0) is 68.9 Å². The number of carboxylic acid groups (broad SMARTS) is 1. The number of aliphatic carboxylic acids is 1. The fourth-order valence-corrected chi connectivity index (χ4v) is 3.84. The summed E-state index contributed by atoms with van der Waals surface area (Å²) in [5.41, 5.74) is 5.45. The first-order valence-corrected chi connectivity index (χ1v) is 10.7. The highest BCUT2D eigenvalue weighted by atomic mass is 16.5. The van der Waals surface area contributed by atoms with E-state index in [-0.39, 0.29) is 6.61 Å². The number of carbonyl (C=O) groups is 1. The van der Waals surface area contributed by atoms with Gasteiger partial charge in [0.05, 0.1) is 5.60 Å². The van der Waals surface area contributed by atoms with Crippen molar-refractivity contribution in [2.45, 2.75) is 65.6 Å². The Morgan fingerprint density at radius 1 is 1.20 bits per heavy atom. The van der Waals surface area contributed by atoms with Crippen LogP contribution in [0.2, 0.25) is 0 Å². The van der Waals surface area contributed by atoms with Gasteiger partial charge in [0.15, 0.2) is 6.10 Å². The number of aryl methyl sites for hydroxylation is 2. The van der Waals surface area contributed by atoms with E-state index in [1.807, 2.05) is 45.0 Å². The minimum Gasteiger partial charge on any atom is -0.488 e. The summed E-state index contributed by atoms with van der Waals surface area (Å²) in [5, 5.41) is 10.0. The molecule has 1 heterocycles. The second kappa shape index (κ2) is 9.05. The summed E-state index contributed by atoms with van der Waals surface area (Å²) in [4.78, 5) is 12.2. The Bertz CT molecular complexity index is 950. The molecule has 0 fully saturated rings. The number of benzene rings is 2. The molecule has 4 nitrogen and oxygen atoms in total. The second-order valence-corrected chi connectivity index (χ2v) is 8.88. The summed E-state index contributed by atoms with van der Waals surface area (Å²) in [6.07, 6.45) is 2.20. The van der Waals surface area contributed by atoms with Crippen molar-refractivity contribution in [1.82, 2.24) is 0 Å². The van der Waals surface area contributed by atoms with Gasteiger partial charge < -0.3 is 14.6 Å². The molecule has 160 valence electrons. The van der Waals surface area contributed by atoms with Gasteiger partial charge in [-0.2, -0.15) is 0 Å². The van der Waals surface area contributed by atoms with Crippen molar-refractivity contribution in [3.63, 3.8) is 0 Å². The summed E-state index contributed by atoms with van der Waals surface area (Å²) < 4.78 is 11.9. The van der Waals surface area contributed by atoms with Crippen molar-refractivity contribution in [1.29, 1.82) is 0 Å². The van der Waals surface area contributed by atoms with E-state index in [9.17, 15) is 9.90 Å². The predicted molar refractivity (Wildman–Crippen MR) is 120 cm³/mol. The Morgan fingerprint density at radius 2 is 1.93 bits per heavy atom. The third kappa shape index (κ3) is 4.93. The Balaban J connectivity index is 2.21. The van der Waals surface area contributed by atoms with Gasteiger partial charge in [-0.1, -0.05) is 49.7 Å². The van der Waals surface area contributed by atoms with Crippen LogP contribution in [0.25, 0.3) is 5.57 Å². The summed E-state index contributed by atoms with van der Waals surface area (Å²) in [6, 6.07) is 14.2. The lowest BCUT2D eigenvalue weighted by molar-refractivity contribution is -0.156. The number of unbranched alkanes of at least 4 members (excludes halogenated alkanes) is 1. The fraction of sp³-hybridized carbons (Fsp3) is 0.423. The molecule has 1 unspecified atom stereocenters. The second-order valence-electron chi connectivity index (χ2n) is 8.88. The fourth-order valence-electron chi connectivity index (χ4n) is 3.84. The van der Waals surface area contributed by atoms with Gasteiger partial charge in [0, 0.05) is 11.1 Å². The lowest BCUT2D eigenvalue weighted by atomic mass is 9.86. The number of fused-ring (bicyclic) bond motifs is 1. The molecule has 1 aliphatic heterocycles. The van der Waals surface area contributed by atoms with Gasteiger partial charge in [-0.15, -0.1) is 0 Å². The molecule has 4 heteroatoms. The maximum atomic E-state index is 12.2. The zero-order chi connectivity index (χ0) is 21.9. The third-order valence-electron chi connectivity index (χ3n) is 5.31. The lowest BCUT2D eigenvalue weighted by Crippen LogP contribution is -2.37. The van der Waals surface area contributed by atoms with Crippen LogP contribution in [0.5, 0.6) is 5.75 Å². The van der Waals surface area contributed by atoms with Crippen LogP contribution in [0.1, 0.15) is 62.8 Å². The minimum atomic E-state index is -1.08. The molecular formula is C26H32O4. The molecule has 3 rings (SSSR count). The van der Waals surface area contributed by atoms with E-state index in [0.717, 1.165) is 41.7 Å². The normalized spacial score (nSPS) is 14.8. The van der Waals surface area contributed by atoms with Gasteiger partial charge in [-0.3, -0.25) is 0 Å². The Kier molecular flexibility index (Phi) is 6.67. The smallest absolute Gasteiger partial charge is 0.337 e. The Hall–Kier alpha value is -2.59. The number of carboxylic acids is 1. The van der Waals surface area contributed by atoms with Crippen LogP contribution in [0.4, 0.5) is 0 Å². The molecule has 0 saturated heterocycles. The highest BCUT2D eigenvalue weighted by Crippen LogP contribution is 2.40. The van der Waals surface area contributed by atoms with Crippen molar-refractivity contribution in [2.75, 3.05) is 6.61 Å². The molecule has 0 radical (unpaired) electrons. The molecule has 1 aliphatic rings. The summed E-state index contributed by atoms with van der Waals surface area (Å²) in [7, 11) is 0. The van der Waals surface area contributed by atoms with Gasteiger partial charge >= 0.3 is 5.97 Å².